The van der Waals surface area contributed by atoms with Crippen LogP contribution in [-0.2, 0) is 4.79 Å². The minimum atomic E-state index is -6.49. The van der Waals surface area contributed by atoms with E-state index in [1.165, 1.54) is 19.6 Å². The van der Waals surface area contributed by atoms with Crippen LogP contribution in [0.5, 0.6) is 0 Å². The predicted molar refractivity (Wildman–Crippen MR) is 52.1 cm³/mol. The van der Waals surface area contributed by atoms with E-state index in [4.69, 9.17) is 0 Å². The maximum Gasteiger partial charge on any atom is 0.460 e. The lowest BCUT2D eigenvalue weighted by Gasteiger charge is -2.35. The number of nitrogens with zero attached hydrogens (tertiary/aromatic N) is 1. The molecule has 0 fully saturated rings. The van der Waals surface area contributed by atoms with Gasteiger partial charge in [-0.25, -0.2) is 0 Å². The van der Waals surface area contributed by atoms with Gasteiger partial charge >= 0.3 is 18.0 Å². The van der Waals surface area contributed by atoms with E-state index in [0.29, 0.717) is 0 Å². The molecule has 0 aromatic rings. The van der Waals surface area contributed by atoms with Crippen molar-refractivity contribution in [3.05, 3.63) is 0 Å². The van der Waals surface area contributed by atoms with E-state index in [2.05, 4.69) is 0 Å². The minimum absolute atomic E-state index is 0.284. The molecule has 0 unspecified atom stereocenters. The van der Waals surface area contributed by atoms with E-state index in [9.17, 15) is 35.5 Å². The summed E-state index contributed by atoms with van der Waals surface area (Å²) in [5.41, 5.74) is 0. The van der Waals surface area contributed by atoms with E-state index in [1.807, 2.05) is 0 Å². The molecule has 0 N–H and O–H groups in total. The van der Waals surface area contributed by atoms with Gasteiger partial charge in [0.1, 0.15) is 0 Å². The van der Waals surface area contributed by atoms with E-state index < -0.39 is 32.2 Å². The monoisotopic (exact) mass is 299 g/mol. The second-order valence-corrected chi connectivity index (χ2v) is 9.69. The third-order valence-electron chi connectivity index (χ3n) is 2.33. The molecule has 0 atom stereocenters. The van der Waals surface area contributed by atoms with Crippen molar-refractivity contribution < 1.29 is 35.5 Å². The molecule has 0 saturated heterocycles. The first kappa shape index (κ1) is 17.2. The highest BCUT2D eigenvalue weighted by Crippen LogP contribution is 2.47. The van der Waals surface area contributed by atoms with E-state index >= 15 is 0 Å². The number of carbonyl (C=O) groups is 1. The van der Waals surface area contributed by atoms with Crippen LogP contribution < -0.4 is 0 Å². The van der Waals surface area contributed by atoms with Crippen molar-refractivity contribution in [2.24, 2.45) is 0 Å². The summed E-state index contributed by atoms with van der Waals surface area (Å²) in [6, 6.07) is 0. The highest BCUT2D eigenvalue weighted by molar-refractivity contribution is 6.75. The fourth-order valence-electron chi connectivity index (χ4n) is 0.828. The molecular weight excluding hydrogens is 287 g/mol. The van der Waals surface area contributed by atoms with Gasteiger partial charge in [0.2, 0.25) is 0 Å². The number of alkyl halides is 7. The van der Waals surface area contributed by atoms with Crippen molar-refractivity contribution in [1.82, 2.24) is 4.57 Å². The molecule has 0 aliphatic carbocycles. The Morgan fingerprint density at radius 3 is 1.50 bits per heavy atom. The lowest BCUT2D eigenvalue weighted by molar-refractivity contribution is -0.345. The minimum Gasteiger partial charge on any atom is -0.367 e. The molecule has 0 radical (unpaired) electrons. The second-order valence-electron chi connectivity index (χ2n) is 4.68. The summed E-state index contributed by atoms with van der Waals surface area (Å²) < 4.78 is 87.1. The van der Waals surface area contributed by atoms with Crippen molar-refractivity contribution in [2.45, 2.75) is 37.7 Å². The molecule has 108 valence electrons. The predicted octanol–water partition coefficient (Wildman–Crippen LogP) is 3.11. The number of halogens is 7. The molecule has 18 heavy (non-hydrogen) atoms. The number of hydrogen-bond acceptors (Lipinski definition) is 1. The lowest BCUT2D eigenvalue weighted by Crippen LogP contribution is -2.63. The summed E-state index contributed by atoms with van der Waals surface area (Å²) in [5, 5.41) is 0. The maximum atomic E-state index is 13.0. The molecule has 1 amide bonds. The zero-order valence-electron chi connectivity index (χ0n) is 10.0. The van der Waals surface area contributed by atoms with Crippen molar-refractivity contribution in [2.75, 3.05) is 7.05 Å². The first-order valence-electron chi connectivity index (χ1n) is 4.67. The maximum absolute atomic E-state index is 13.0. The molecule has 2 nitrogen and oxygen atoms in total. The number of rotatable bonds is 3. The van der Waals surface area contributed by atoms with Gasteiger partial charge in [0.05, 0.1) is 0 Å². The van der Waals surface area contributed by atoms with Gasteiger partial charge in [0.15, 0.2) is 8.24 Å². The Bertz CT molecular complexity index is 333. The van der Waals surface area contributed by atoms with E-state index in [1.54, 1.807) is 0 Å². The fourth-order valence-corrected chi connectivity index (χ4v) is 1.58. The summed E-state index contributed by atoms with van der Waals surface area (Å²) >= 11 is 0. The third-order valence-corrected chi connectivity index (χ3v) is 4.55. The Balaban J connectivity index is 5.48. The Kier molecular flexibility index (Phi) is 4.19. The van der Waals surface area contributed by atoms with Gasteiger partial charge in [-0.2, -0.15) is 30.7 Å². The quantitative estimate of drug-likeness (QED) is 0.579. The standard InChI is InChI=1S/C8H12F7NOSi/c1-16(18(2,3)4)5(17)6(9,10)7(11,12)8(13,14)15/h1-4H3. The van der Waals surface area contributed by atoms with Crippen LogP contribution in [0.3, 0.4) is 0 Å². The number of carbonyl (C=O) groups excluding carboxylic acids is 1. The van der Waals surface area contributed by atoms with Crippen LogP contribution in [0.4, 0.5) is 30.7 Å². The zero-order valence-corrected chi connectivity index (χ0v) is 11.0. The fraction of sp³-hybridized carbons (Fsp3) is 0.875. The number of amides is 1. The summed E-state index contributed by atoms with van der Waals surface area (Å²) in [7, 11) is -1.98. The van der Waals surface area contributed by atoms with E-state index in [0.717, 1.165) is 7.05 Å². The van der Waals surface area contributed by atoms with Crippen LogP contribution in [0.2, 0.25) is 19.6 Å². The van der Waals surface area contributed by atoms with E-state index in [-0.39, 0.29) is 4.57 Å². The summed E-state index contributed by atoms with van der Waals surface area (Å²) in [6.07, 6.45) is -6.49. The molecule has 0 rings (SSSR count). The van der Waals surface area contributed by atoms with Crippen molar-refractivity contribution in [1.29, 1.82) is 0 Å². The summed E-state index contributed by atoms with van der Waals surface area (Å²) in [4.78, 5) is 11.1. The van der Waals surface area contributed by atoms with Gasteiger partial charge in [-0.3, -0.25) is 4.79 Å². The molecule has 0 aromatic carbocycles. The van der Waals surface area contributed by atoms with Crippen LogP contribution in [0, 0.1) is 0 Å². The third kappa shape index (κ3) is 2.78. The van der Waals surface area contributed by atoms with Gasteiger partial charge in [-0.15, -0.1) is 0 Å². The van der Waals surface area contributed by atoms with Gasteiger partial charge in [0.25, 0.3) is 5.91 Å². The van der Waals surface area contributed by atoms with Crippen LogP contribution in [0.15, 0.2) is 0 Å². The molecule has 0 aliphatic rings. The molecule has 0 bridgehead atoms. The molecule has 0 aromatic heterocycles. The van der Waals surface area contributed by atoms with Crippen molar-refractivity contribution in [3.8, 4) is 0 Å². The molecule has 0 aliphatic heterocycles. The highest BCUT2D eigenvalue weighted by atomic mass is 28.3. The van der Waals surface area contributed by atoms with Gasteiger partial charge in [-0.1, -0.05) is 19.6 Å². The Morgan fingerprint density at radius 1 is 0.944 bits per heavy atom. The van der Waals surface area contributed by atoms with Crippen LogP contribution in [-0.4, -0.2) is 43.8 Å². The van der Waals surface area contributed by atoms with Crippen molar-refractivity contribution >= 4 is 14.1 Å². The Hall–Kier alpha value is -0.803. The van der Waals surface area contributed by atoms with Crippen LogP contribution in [0.1, 0.15) is 0 Å². The molecule has 10 heteroatoms. The molecular formula is C8H12F7NOSi. The normalized spacial score (nSPS) is 14.6. The largest absolute Gasteiger partial charge is 0.460 e. The van der Waals surface area contributed by atoms with Crippen LogP contribution in [0.25, 0.3) is 0 Å². The first-order valence-corrected chi connectivity index (χ1v) is 8.12. The number of hydrogen-bond donors (Lipinski definition) is 0. The average Bonchev–Trinajstić information content (AvgIpc) is 2.11. The van der Waals surface area contributed by atoms with Crippen LogP contribution >= 0.6 is 0 Å². The Morgan fingerprint density at radius 2 is 1.28 bits per heavy atom. The first-order chi connectivity index (χ1) is 7.57. The highest BCUT2D eigenvalue weighted by Gasteiger charge is 2.76. The second kappa shape index (κ2) is 4.39. The zero-order chi connectivity index (χ0) is 15.2. The summed E-state index contributed by atoms with van der Waals surface area (Å²) in [5.74, 6) is -14.7. The molecule has 0 heterocycles. The van der Waals surface area contributed by atoms with Gasteiger partial charge in [0, 0.05) is 7.05 Å². The molecule has 0 saturated carbocycles. The average molecular weight is 299 g/mol. The smallest absolute Gasteiger partial charge is 0.367 e. The van der Waals surface area contributed by atoms with Crippen molar-refractivity contribution in [3.63, 3.8) is 0 Å². The molecule has 0 spiro atoms. The van der Waals surface area contributed by atoms with Gasteiger partial charge in [-0.05, 0) is 0 Å². The van der Waals surface area contributed by atoms with Gasteiger partial charge < -0.3 is 4.57 Å². The lowest BCUT2D eigenvalue weighted by atomic mass is 10.1. The Labute approximate surface area is 99.8 Å². The topological polar surface area (TPSA) is 20.3 Å². The summed E-state index contributed by atoms with van der Waals surface area (Å²) in [6.45, 7) is 4.06. The SMILES string of the molecule is CN(C(=O)C(F)(F)C(F)(F)C(F)(F)F)[Si](C)(C)C.